The summed E-state index contributed by atoms with van der Waals surface area (Å²) in [4.78, 5) is 4.43. The summed E-state index contributed by atoms with van der Waals surface area (Å²) in [6.45, 7) is 2.79. The van der Waals surface area contributed by atoms with Crippen molar-refractivity contribution in [3.05, 3.63) is 89.3 Å². The summed E-state index contributed by atoms with van der Waals surface area (Å²) < 4.78 is 15.6. The maximum atomic E-state index is 13.6. The molecule has 0 aliphatic heterocycles. The molecule has 0 aliphatic carbocycles. The number of nitrogens with zero attached hydrogens (tertiary/aromatic N) is 2. The third-order valence-electron chi connectivity index (χ3n) is 4.06. The Kier molecular flexibility index (Phi) is 4.53. The fourth-order valence-electron chi connectivity index (χ4n) is 2.72. The zero-order chi connectivity index (χ0) is 16.2. The van der Waals surface area contributed by atoms with Crippen LogP contribution in [0.15, 0.2) is 60.9 Å². The van der Waals surface area contributed by atoms with E-state index in [1.807, 2.05) is 36.0 Å². The van der Waals surface area contributed by atoms with Crippen molar-refractivity contribution in [3.8, 4) is 0 Å². The van der Waals surface area contributed by atoms with Crippen molar-refractivity contribution in [1.82, 2.24) is 14.9 Å². The number of hydrogen-bond acceptors (Lipinski definition) is 2. The van der Waals surface area contributed by atoms with E-state index in [0.29, 0.717) is 6.54 Å². The van der Waals surface area contributed by atoms with E-state index < -0.39 is 0 Å². The molecule has 0 unspecified atom stereocenters. The van der Waals surface area contributed by atoms with Crippen molar-refractivity contribution in [2.45, 2.75) is 19.5 Å². The topological polar surface area (TPSA) is 29.9 Å². The van der Waals surface area contributed by atoms with Crippen LogP contribution in [0.4, 0.5) is 4.39 Å². The molecule has 1 heterocycles. The van der Waals surface area contributed by atoms with Gasteiger partial charge in [-0.1, -0.05) is 36.4 Å². The highest BCUT2D eigenvalue weighted by molar-refractivity contribution is 5.28. The zero-order valence-corrected chi connectivity index (χ0v) is 13.3. The van der Waals surface area contributed by atoms with E-state index in [1.165, 1.54) is 17.2 Å². The minimum atomic E-state index is -0.237. The third-order valence-corrected chi connectivity index (χ3v) is 4.06. The van der Waals surface area contributed by atoms with Gasteiger partial charge in [-0.05, 0) is 35.7 Å². The van der Waals surface area contributed by atoms with Gasteiger partial charge >= 0.3 is 0 Å². The number of halogens is 1. The second kappa shape index (κ2) is 6.75. The minimum absolute atomic E-state index is 0.162. The summed E-state index contributed by atoms with van der Waals surface area (Å²) in [7, 11) is 1.95. The fraction of sp³-hybridized carbons (Fsp3) is 0.211. The largest absolute Gasteiger partial charge is 0.336 e. The molecule has 3 rings (SSSR count). The number of imidazole rings is 1. The summed E-state index contributed by atoms with van der Waals surface area (Å²) in [6, 6.07) is 14.8. The average molecular weight is 309 g/mol. The van der Waals surface area contributed by atoms with Crippen LogP contribution in [0.1, 0.15) is 28.6 Å². The third kappa shape index (κ3) is 3.48. The van der Waals surface area contributed by atoms with Crippen LogP contribution in [0.3, 0.4) is 0 Å². The van der Waals surface area contributed by atoms with Gasteiger partial charge in [0, 0.05) is 26.0 Å². The molecule has 0 saturated carbocycles. The lowest BCUT2D eigenvalue weighted by Gasteiger charge is -2.20. The van der Waals surface area contributed by atoms with Crippen LogP contribution in [0, 0.1) is 12.7 Å². The normalized spacial score (nSPS) is 12.3. The van der Waals surface area contributed by atoms with Crippen LogP contribution in [0.5, 0.6) is 0 Å². The molecule has 0 amide bonds. The average Bonchev–Trinajstić information content (AvgIpc) is 2.95. The number of hydrogen-bond donors (Lipinski definition) is 1. The van der Waals surface area contributed by atoms with Gasteiger partial charge in [0.1, 0.15) is 11.6 Å². The van der Waals surface area contributed by atoms with Crippen molar-refractivity contribution < 1.29 is 4.39 Å². The van der Waals surface area contributed by atoms with Gasteiger partial charge in [-0.2, -0.15) is 0 Å². The number of aromatic nitrogens is 2. The van der Waals surface area contributed by atoms with Crippen LogP contribution in [-0.2, 0) is 13.6 Å². The van der Waals surface area contributed by atoms with E-state index in [1.54, 1.807) is 18.3 Å². The molecular weight excluding hydrogens is 289 g/mol. The first kappa shape index (κ1) is 15.4. The molecule has 0 saturated heterocycles. The van der Waals surface area contributed by atoms with E-state index in [2.05, 4.69) is 29.4 Å². The van der Waals surface area contributed by atoms with Gasteiger partial charge in [0.15, 0.2) is 0 Å². The number of rotatable bonds is 5. The van der Waals surface area contributed by atoms with Crippen molar-refractivity contribution in [2.24, 2.45) is 7.05 Å². The summed E-state index contributed by atoms with van der Waals surface area (Å²) >= 11 is 0. The Balaban J connectivity index is 1.90. The molecule has 3 aromatic rings. The van der Waals surface area contributed by atoms with E-state index in [9.17, 15) is 4.39 Å². The first-order valence-corrected chi connectivity index (χ1v) is 7.65. The van der Waals surface area contributed by atoms with Crippen LogP contribution < -0.4 is 5.32 Å². The monoisotopic (exact) mass is 309 g/mol. The quantitative estimate of drug-likeness (QED) is 0.778. The zero-order valence-electron chi connectivity index (χ0n) is 13.3. The lowest BCUT2D eigenvalue weighted by atomic mass is 10.0. The molecule has 0 aliphatic rings. The minimum Gasteiger partial charge on any atom is -0.336 e. The predicted octanol–water partition coefficient (Wildman–Crippen LogP) is 3.75. The molecule has 1 N–H and O–H groups in total. The molecule has 0 bridgehead atoms. The maximum absolute atomic E-state index is 13.6. The van der Waals surface area contributed by atoms with Crippen LogP contribution in [0.25, 0.3) is 0 Å². The Morgan fingerprint density at radius 1 is 1.17 bits per heavy atom. The maximum Gasteiger partial charge on any atom is 0.130 e. The van der Waals surface area contributed by atoms with Gasteiger partial charge in [-0.3, -0.25) is 5.32 Å². The Morgan fingerprint density at radius 3 is 2.70 bits per heavy atom. The SMILES string of the molecule is Cc1ccccc1CN[C@@H](c1cccc(F)c1)c1nccn1C. The highest BCUT2D eigenvalue weighted by atomic mass is 19.1. The molecule has 1 atom stereocenters. The number of aryl methyl sites for hydroxylation is 2. The Morgan fingerprint density at radius 2 is 2.00 bits per heavy atom. The number of nitrogens with one attached hydrogen (secondary N) is 1. The van der Waals surface area contributed by atoms with E-state index in [4.69, 9.17) is 0 Å². The fourth-order valence-corrected chi connectivity index (χ4v) is 2.72. The molecule has 0 radical (unpaired) electrons. The lowest BCUT2D eigenvalue weighted by molar-refractivity contribution is 0.550. The van der Waals surface area contributed by atoms with Gasteiger partial charge in [0.05, 0.1) is 6.04 Å². The summed E-state index contributed by atoms with van der Waals surface area (Å²) in [5.74, 6) is 0.628. The van der Waals surface area contributed by atoms with Crippen LogP contribution in [-0.4, -0.2) is 9.55 Å². The molecule has 0 spiro atoms. The first-order valence-electron chi connectivity index (χ1n) is 7.65. The second-order valence-electron chi connectivity index (χ2n) is 5.69. The van der Waals surface area contributed by atoms with Gasteiger partial charge in [0.25, 0.3) is 0 Å². The molecule has 0 fully saturated rings. The van der Waals surface area contributed by atoms with Gasteiger partial charge < -0.3 is 4.57 Å². The highest BCUT2D eigenvalue weighted by Gasteiger charge is 2.18. The molecule has 1 aromatic heterocycles. The van der Waals surface area contributed by atoms with Gasteiger partial charge in [0.2, 0.25) is 0 Å². The van der Waals surface area contributed by atoms with Crippen molar-refractivity contribution in [2.75, 3.05) is 0 Å². The second-order valence-corrected chi connectivity index (χ2v) is 5.69. The Labute approximate surface area is 135 Å². The molecule has 2 aromatic carbocycles. The van der Waals surface area contributed by atoms with Crippen LogP contribution >= 0.6 is 0 Å². The Hall–Kier alpha value is -2.46. The van der Waals surface area contributed by atoms with Gasteiger partial charge in [-0.25, -0.2) is 9.37 Å². The summed E-state index contributed by atoms with van der Waals surface area (Å²) in [6.07, 6.45) is 3.66. The molecule has 3 nitrogen and oxygen atoms in total. The smallest absolute Gasteiger partial charge is 0.130 e. The van der Waals surface area contributed by atoms with Gasteiger partial charge in [-0.15, -0.1) is 0 Å². The van der Waals surface area contributed by atoms with Crippen molar-refractivity contribution in [3.63, 3.8) is 0 Å². The van der Waals surface area contributed by atoms with Crippen LogP contribution in [0.2, 0.25) is 0 Å². The Bertz CT molecular complexity index is 795. The number of benzene rings is 2. The molecule has 23 heavy (non-hydrogen) atoms. The first-order chi connectivity index (χ1) is 11.1. The molecular formula is C19H20FN3. The summed E-state index contributed by atoms with van der Waals surface area (Å²) in [5.41, 5.74) is 3.33. The van der Waals surface area contributed by atoms with Crippen molar-refractivity contribution in [1.29, 1.82) is 0 Å². The summed E-state index contributed by atoms with van der Waals surface area (Å²) in [5, 5.41) is 3.51. The molecule has 4 heteroatoms. The lowest BCUT2D eigenvalue weighted by Crippen LogP contribution is -2.25. The highest BCUT2D eigenvalue weighted by Crippen LogP contribution is 2.22. The van der Waals surface area contributed by atoms with Crippen molar-refractivity contribution >= 4 is 0 Å². The van der Waals surface area contributed by atoms with E-state index >= 15 is 0 Å². The van der Waals surface area contributed by atoms with E-state index in [-0.39, 0.29) is 11.9 Å². The molecule has 118 valence electrons. The van der Waals surface area contributed by atoms with E-state index in [0.717, 1.165) is 11.4 Å². The standard InChI is InChI=1S/C19H20FN3/c1-14-6-3-4-7-16(14)13-22-18(19-21-10-11-23(19)2)15-8-5-9-17(20)12-15/h3-12,18,22H,13H2,1-2H3/t18-/m0/s1. The predicted molar refractivity (Wildman–Crippen MR) is 89.5 cm³/mol.